The fourth-order valence-corrected chi connectivity index (χ4v) is 2.45. The van der Waals surface area contributed by atoms with Crippen LogP contribution >= 0.6 is 12.4 Å². The van der Waals surface area contributed by atoms with Crippen LogP contribution in [0.15, 0.2) is 30.5 Å². The number of nitrogens with one attached hydrogen (secondary N) is 1. The highest BCUT2D eigenvalue weighted by Crippen LogP contribution is 2.10. The monoisotopic (exact) mass is 341 g/mol. The molecule has 1 aromatic carbocycles. The molecule has 0 atom stereocenters. The van der Waals surface area contributed by atoms with Gasteiger partial charge in [-0.1, -0.05) is 11.3 Å². The summed E-state index contributed by atoms with van der Waals surface area (Å²) in [5.74, 6) is 0.404. The topological polar surface area (TPSA) is 55.2 Å². The number of aromatic nitrogens is 3. The lowest BCUT2D eigenvalue weighted by Gasteiger charge is -2.18. The first kappa shape index (κ1) is 17.7. The van der Waals surface area contributed by atoms with Crippen LogP contribution in [0.5, 0.6) is 0 Å². The smallest absolute Gasteiger partial charge is 0.169 e. The number of benzene rings is 1. The minimum atomic E-state index is -0.286. The van der Waals surface area contributed by atoms with Gasteiger partial charge in [-0.15, -0.1) is 17.5 Å². The second-order valence-electron chi connectivity index (χ2n) is 5.26. The Morgan fingerprint density at radius 2 is 2.17 bits per heavy atom. The van der Waals surface area contributed by atoms with Gasteiger partial charge in [0.25, 0.3) is 0 Å². The fourth-order valence-electron chi connectivity index (χ4n) is 2.45. The van der Waals surface area contributed by atoms with Crippen LogP contribution in [0.4, 0.5) is 10.2 Å². The van der Waals surface area contributed by atoms with Gasteiger partial charge in [-0.25, -0.2) is 9.07 Å². The molecule has 8 heteroatoms. The lowest BCUT2D eigenvalue weighted by Crippen LogP contribution is -2.31. The molecule has 0 unspecified atom stereocenters. The summed E-state index contributed by atoms with van der Waals surface area (Å²) in [6.07, 6.45) is 2.84. The molecule has 23 heavy (non-hydrogen) atoms. The van der Waals surface area contributed by atoms with Gasteiger partial charge >= 0.3 is 0 Å². The molecule has 2 aromatic rings. The maximum atomic E-state index is 13.2. The molecule has 0 radical (unpaired) electrons. The predicted molar refractivity (Wildman–Crippen MR) is 88.9 cm³/mol. The van der Waals surface area contributed by atoms with Crippen LogP contribution in [0.1, 0.15) is 6.42 Å². The summed E-state index contributed by atoms with van der Waals surface area (Å²) in [6, 6.07) is 6.28. The van der Waals surface area contributed by atoms with E-state index in [4.69, 9.17) is 4.74 Å². The highest BCUT2D eigenvalue weighted by Gasteiger charge is 2.09. The minimum Gasteiger partial charge on any atom is -0.380 e. The van der Waals surface area contributed by atoms with Crippen molar-refractivity contribution in [1.82, 2.24) is 19.9 Å². The number of hydrogen-bond donors (Lipinski definition) is 1. The second-order valence-corrected chi connectivity index (χ2v) is 5.26. The average Bonchev–Trinajstić information content (AvgIpc) is 2.84. The van der Waals surface area contributed by atoms with E-state index >= 15 is 0 Å². The molecular formula is C15H21ClFN5O. The zero-order valence-corrected chi connectivity index (χ0v) is 13.6. The van der Waals surface area contributed by atoms with Crippen molar-refractivity contribution < 1.29 is 9.13 Å². The fraction of sp³-hybridized carbons (Fsp3) is 0.467. The molecule has 3 rings (SSSR count). The van der Waals surface area contributed by atoms with Gasteiger partial charge in [0.05, 0.1) is 18.5 Å². The molecular weight excluding hydrogens is 321 g/mol. The lowest BCUT2D eigenvalue weighted by molar-refractivity contribution is 0.142. The summed E-state index contributed by atoms with van der Waals surface area (Å²) in [6.45, 7) is 5.43. The van der Waals surface area contributed by atoms with Crippen LogP contribution in [-0.2, 0) is 4.74 Å². The molecule has 0 amide bonds. The highest BCUT2D eigenvalue weighted by molar-refractivity contribution is 5.85. The Balaban J connectivity index is 0.00000192. The van der Waals surface area contributed by atoms with Gasteiger partial charge < -0.3 is 10.1 Å². The first-order valence-corrected chi connectivity index (χ1v) is 7.53. The Morgan fingerprint density at radius 1 is 1.26 bits per heavy atom. The minimum absolute atomic E-state index is 0. The summed E-state index contributed by atoms with van der Waals surface area (Å²) >= 11 is 0. The summed E-state index contributed by atoms with van der Waals surface area (Å²) in [4.78, 5) is 2.37. The van der Waals surface area contributed by atoms with E-state index in [1.807, 2.05) is 0 Å². The van der Waals surface area contributed by atoms with E-state index in [1.165, 1.54) is 12.1 Å². The SMILES string of the molecule is Cl.Fc1cccc(-n2cc(NCCN3CCCOCC3)nn2)c1. The quantitative estimate of drug-likeness (QED) is 0.901. The van der Waals surface area contributed by atoms with Crippen molar-refractivity contribution in [3.8, 4) is 5.69 Å². The molecule has 1 N–H and O–H groups in total. The van der Waals surface area contributed by atoms with E-state index in [0.717, 1.165) is 45.8 Å². The largest absolute Gasteiger partial charge is 0.380 e. The van der Waals surface area contributed by atoms with Crippen molar-refractivity contribution in [3.05, 3.63) is 36.3 Å². The molecule has 6 nitrogen and oxygen atoms in total. The summed E-state index contributed by atoms with van der Waals surface area (Å²) in [5, 5.41) is 11.3. The van der Waals surface area contributed by atoms with Gasteiger partial charge in [-0.2, -0.15) is 0 Å². The summed E-state index contributed by atoms with van der Waals surface area (Å²) in [5.41, 5.74) is 0.658. The van der Waals surface area contributed by atoms with E-state index in [2.05, 4.69) is 20.5 Å². The van der Waals surface area contributed by atoms with Crippen LogP contribution in [0.25, 0.3) is 5.69 Å². The standard InChI is InChI=1S/C15H20FN5O.ClH/c16-13-3-1-4-14(11-13)21-12-15(18-19-21)17-5-7-20-6-2-9-22-10-8-20;/h1,3-4,11-12,17H,2,5-10H2;1H. The van der Waals surface area contributed by atoms with Gasteiger partial charge in [0, 0.05) is 32.8 Å². The van der Waals surface area contributed by atoms with Gasteiger partial charge in [0.2, 0.25) is 0 Å². The van der Waals surface area contributed by atoms with Gasteiger partial charge in [-0.05, 0) is 24.6 Å². The number of rotatable bonds is 5. The average molecular weight is 342 g/mol. The van der Waals surface area contributed by atoms with E-state index in [1.54, 1.807) is 23.0 Å². The molecule has 1 saturated heterocycles. The van der Waals surface area contributed by atoms with Crippen molar-refractivity contribution in [1.29, 1.82) is 0 Å². The van der Waals surface area contributed by atoms with Crippen LogP contribution in [0.3, 0.4) is 0 Å². The predicted octanol–water partition coefficient (Wildman–Crippen LogP) is 1.96. The second kappa shape index (κ2) is 8.81. The highest BCUT2D eigenvalue weighted by atomic mass is 35.5. The number of halogens is 2. The maximum Gasteiger partial charge on any atom is 0.169 e. The lowest BCUT2D eigenvalue weighted by atomic mass is 10.3. The number of ether oxygens (including phenoxy) is 1. The first-order valence-electron chi connectivity index (χ1n) is 7.53. The van der Waals surface area contributed by atoms with Crippen molar-refractivity contribution in [3.63, 3.8) is 0 Å². The zero-order chi connectivity index (χ0) is 15.2. The molecule has 1 fully saturated rings. The van der Waals surface area contributed by atoms with Crippen LogP contribution in [0, 0.1) is 5.82 Å². The molecule has 0 aliphatic carbocycles. The molecule has 0 spiro atoms. The van der Waals surface area contributed by atoms with Crippen molar-refractivity contribution in [2.75, 3.05) is 44.7 Å². The normalized spacial score (nSPS) is 15.7. The Hall–Kier alpha value is -1.70. The summed E-state index contributed by atoms with van der Waals surface area (Å²) < 4.78 is 20.2. The van der Waals surface area contributed by atoms with Crippen molar-refractivity contribution in [2.24, 2.45) is 0 Å². The number of anilines is 1. The van der Waals surface area contributed by atoms with Gasteiger partial charge in [0.15, 0.2) is 5.82 Å². The zero-order valence-electron chi connectivity index (χ0n) is 12.8. The van der Waals surface area contributed by atoms with Crippen molar-refractivity contribution in [2.45, 2.75) is 6.42 Å². The van der Waals surface area contributed by atoms with E-state index in [-0.39, 0.29) is 18.2 Å². The Bertz CT molecular complexity index is 601. The third-order valence-electron chi connectivity index (χ3n) is 3.62. The third kappa shape index (κ3) is 5.16. The number of hydrogen-bond acceptors (Lipinski definition) is 5. The van der Waals surface area contributed by atoms with E-state index in [9.17, 15) is 4.39 Å². The molecule has 2 heterocycles. The van der Waals surface area contributed by atoms with Crippen LogP contribution < -0.4 is 5.32 Å². The molecule has 1 aromatic heterocycles. The van der Waals surface area contributed by atoms with Gasteiger partial charge in [-0.3, -0.25) is 4.90 Å². The molecule has 0 saturated carbocycles. The molecule has 126 valence electrons. The molecule has 1 aliphatic rings. The molecule has 0 bridgehead atoms. The van der Waals surface area contributed by atoms with Crippen LogP contribution in [0.2, 0.25) is 0 Å². The number of nitrogens with zero attached hydrogens (tertiary/aromatic N) is 4. The van der Waals surface area contributed by atoms with E-state index < -0.39 is 0 Å². The van der Waals surface area contributed by atoms with E-state index in [0.29, 0.717) is 11.5 Å². The Kier molecular flexibility index (Phi) is 6.76. The molecule has 1 aliphatic heterocycles. The van der Waals surface area contributed by atoms with Crippen LogP contribution in [-0.4, -0.2) is 59.3 Å². The summed E-state index contributed by atoms with van der Waals surface area (Å²) in [7, 11) is 0. The Morgan fingerprint density at radius 3 is 3.04 bits per heavy atom. The van der Waals surface area contributed by atoms with Crippen molar-refractivity contribution >= 4 is 18.2 Å². The third-order valence-corrected chi connectivity index (χ3v) is 3.62. The first-order chi connectivity index (χ1) is 10.8. The maximum absolute atomic E-state index is 13.2. The van der Waals surface area contributed by atoms with Gasteiger partial charge in [0.1, 0.15) is 5.82 Å². The Labute approximate surface area is 141 Å².